The zero-order chi connectivity index (χ0) is 19.5. The number of aliphatic carboxylic acids is 1. The number of allylic oxidation sites excluding steroid dienone is 2. The minimum Gasteiger partial charge on any atom is -0.481 e. The molecule has 1 aliphatic carbocycles. The van der Waals surface area contributed by atoms with Crippen LogP contribution in [0.15, 0.2) is 24.3 Å². The fraction of sp³-hybridized carbons (Fsp3) is 0.750. The molecule has 0 heterocycles. The summed E-state index contributed by atoms with van der Waals surface area (Å²) in [5.74, 6) is -1.12. The highest BCUT2D eigenvalue weighted by Crippen LogP contribution is 2.36. The lowest BCUT2D eigenvalue weighted by Crippen LogP contribution is -2.20. The number of aliphatic hydroxyl groups excluding tert-OH is 4. The standard InChI is InChI=1S/C20H34O6/c1-14(21)7-6-8-15(22)11-12-17-16(18(23)13-19(17)24)9-4-2-3-5-10-20(25)26/h2,4,11-12,14-19,21-24H,3,5-10,13H2,1H3,(H,25,26). The van der Waals surface area contributed by atoms with Crippen molar-refractivity contribution in [2.24, 2.45) is 11.8 Å². The predicted molar refractivity (Wildman–Crippen MR) is 99.5 cm³/mol. The normalized spacial score (nSPS) is 28.8. The third-order valence-corrected chi connectivity index (χ3v) is 4.93. The number of carboxylic acid groups (broad SMARTS) is 1. The summed E-state index contributed by atoms with van der Waals surface area (Å²) in [7, 11) is 0. The van der Waals surface area contributed by atoms with Crippen LogP contribution in [0.4, 0.5) is 0 Å². The van der Waals surface area contributed by atoms with Crippen molar-refractivity contribution in [3.63, 3.8) is 0 Å². The van der Waals surface area contributed by atoms with Crippen molar-refractivity contribution < 1.29 is 30.3 Å². The molecule has 0 spiro atoms. The summed E-state index contributed by atoms with van der Waals surface area (Å²) in [6, 6.07) is 0. The molecule has 0 aromatic rings. The summed E-state index contributed by atoms with van der Waals surface area (Å²) < 4.78 is 0. The molecule has 6 nitrogen and oxygen atoms in total. The Morgan fingerprint density at radius 1 is 1.12 bits per heavy atom. The number of hydrogen-bond donors (Lipinski definition) is 5. The molecule has 1 fully saturated rings. The highest BCUT2D eigenvalue weighted by Gasteiger charge is 2.39. The fourth-order valence-corrected chi connectivity index (χ4v) is 3.42. The van der Waals surface area contributed by atoms with Gasteiger partial charge in [-0.3, -0.25) is 4.79 Å². The van der Waals surface area contributed by atoms with Gasteiger partial charge in [-0.2, -0.15) is 0 Å². The lowest BCUT2D eigenvalue weighted by Gasteiger charge is -2.19. The molecule has 0 aromatic carbocycles. The van der Waals surface area contributed by atoms with Crippen molar-refractivity contribution in [3.05, 3.63) is 24.3 Å². The molecular formula is C20H34O6. The third kappa shape index (κ3) is 8.94. The number of aliphatic hydroxyl groups is 4. The van der Waals surface area contributed by atoms with E-state index >= 15 is 0 Å². The molecule has 1 rings (SSSR count). The van der Waals surface area contributed by atoms with Crippen LogP contribution in [0.3, 0.4) is 0 Å². The average Bonchev–Trinajstić information content (AvgIpc) is 2.81. The van der Waals surface area contributed by atoms with Gasteiger partial charge in [-0.05, 0) is 51.4 Å². The molecule has 0 amide bonds. The van der Waals surface area contributed by atoms with Gasteiger partial charge in [0.1, 0.15) is 0 Å². The summed E-state index contributed by atoms with van der Waals surface area (Å²) in [4.78, 5) is 10.5. The second kappa shape index (κ2) is 12.2. The molecule has 0 bridgehead atoms. The monoisotopic (exact) mass is 370 g/mol. The first-order valence-electron chi connectivity index (χ1n) is 9.58. The van der Waals surface area contributed by atoms with Gasteiger partial charge in [0.15, 0.2) is 0 Å². The van der Waals surface area contributed by atoms with E-state index in [9.17, 15) is 25.2 Å². The second-order valence-corrected chi connectivity index (χ2v) is 7.34. The molecule has 0 aliphatic heterocycles. The number of hydrogen-bond acceptors (Lipinski definition) is 5. The first-order valence-corrected chi connectivity index (χ1v) is 9.58. The molecule has 0 aromatic heterocycles. The quantitative estimate of drug-likeness (QED) is 0.265. The van der Waals surface area contributed by atoms with E-state index in [4.69, 9.17) is 5.11 Å². The minimum atomic E-state index is -0.801. The maximum Gasteiger partial charge on any atom is 0.303 e. The van der Waals surface area contributed by atoms with Gasteiger partial charge in [0.25, 0.3) is 0 Å². The topological polar surface area (TPSA) is 118 Å². The molecule has 6 unspecified atom stereocenters. The first-order chi connectivity index (χ1) is 12.3. The Kier molecular flexibility index (Phi) is 10.7. The number of rotatable bonds is 12. The van der Waals surface area contributed by atoms with Crippen LogP contribution in [0.5, 0.6) is 0 Å². The Morgan fingerprint density at radius 2 is 1.85 bits per heavy atom. The van der Waals surface area contributed by atoms with E-state index in [1.165, 1.54) is 0 Å². The average molecular weight is 370 g/mol. The molecule has 1 aliphatic rings. The Bertz CT molecular complexity index is 459. The van der Waals surface area contributed by atoms with Gasteiger partial charge < -0.3 is 25.5 Å². The van der Waals surface area contributed by atoms with E-state index in [1.54, 1.807) is 19.1 Å². The molecule has 150 valence electrons. The van der Waals surface area contributed by atoms with Crippen LogP contribution in [0.2, 0.25) is 0 Å². The molecule has 6 atom stereocenters. The molecule has 0 radical (unpaired) electrons. The van der Waals surface area contributed by atoms with E-state index in [0.29, 0.717) is 38.5 Å². The van der Waals surface area contributed by atoms with Crippen molar-refractivity contribution in [1.29, 1.82) is 0 Å². The highest BCUT2D eigenvalue weighted by atomic mass is 16.4. The third-order valence-electron chi connectivity index (χ3n) is 4.93. The van der Waals surface area contributed by atoms with Crippen molar-refractivity contribution in [2.75, 3.05) is 0 Å². The van der Waals surface area contributed by atoms with Crippen molar-refractivity contribution in [2.45, 2.75) is 82.7 Å². The smallest absolute Gasteiger partial charge is 0.303 e. The highest BCUT2D eigenvalue weighted by molar-refractivity contribution is 5.66. The molecule has 5 N–H and O–H groups in total. The van der Waals surface area contributed by atoms with Gasteiger partial charge in [0.2, 0.25) is 0 Å². The summed E-state index contributed by atoms with van der Waals surface area (Å²) in [5, 5.41) is 48.2. The molecule has 1 saturated carbocycles. The lowest BCUT2D eigenvalue weighted by atomic mass is 9.89. The lowest BCUT2D eigenvalue weighted by molar-refractivity contribution is -0.137. The van der Waals surface area contributed by atoms with E-state index in [2.05, 4.69) is 0 Å². The Hall–Kier alpha value is -1.21. The maximum atomic E-state index is 10.5. The molecule has 6 heteroatoms. The first kappa shape index (κ1) is 22.8. The van der Waals surface area contributed by atoms with Crippen LogP contribution < -0.4 is 0 Å². The van der Waals surface area contributed by atoms with Gasteiger partial charge in [0.05, 0.1) is 24.4 Å². The van der Waals surface area contributed by atoms with E-state index in [1.807, 2.05) is 12.2 Å². The predicted octanol–water partition coefficient (Wildman–Crippen LogP) is 2.01. The van der Waals surface area contributed by atoms with Crippen LogP contribution in [0.1, 0.15) is 58.3 Å². The van der Waals surface area contributed by atoms with Crippen LogP contribution in [0.25, 0.3) is 0 Å². The van der Waals surface area contributed by atoms with E-state index < -0.39 is 24.3 Å². The van der Waals surface area contributed by atoms with Gasteiger partial charge in [-0.25, -0.2) is 0 Å². The van der Waals surface area contributed by atoms with Crippen molar-refractivity contribution in [1.82, 2.24) is 0 Å². The van der Waals surface area contributed by atoms with Gasteiger partial charge >= 0.3 is 5.97 Å². The molecule has 26 heavy (non-hydrogen) atoms. The number of unbranched alkanes of at least 4 members (excludes halogenated alkanes) is 1. The van der Waals surface area contributed by atoms with Crippen LogP contribution in [-0.4, -0.2) is 55.9 Å². The minimum absolute atomic E-state index is 0.110. The molecule has 0 saturated heterocycles. The summed E-state index contributed by atoms with van der Waals surface area (Å²) in [5.41, 5.74) is 0. The van der Waals surface area contributed by atoms with E-state index in [0.717, 1.165) is 6.42 Å². The number of carboxylic acids is 1. The summed E-state index contributed by atoms with van der Waals surface area (Å²) >= 11 is 0. The Morgan fingerprint density at radius 3 is 2.50 bits per heavy atom. The van der Waals surface area contributed by atoms with Gasteiger partial charge in [0, 0.05) is 18.8 Å². The van der Waals surface area contributed by atoms with Crippen LogP contribution in [0, 0.1) is 11.8 Å². The van der Waals surface area contributed by atoms with Crippen molar-refractivity contribution in [3.8, 4) is 0 Å². The van der Waals surface area contributed by atoms with Crippen LogP contribution in [-0.2, 0) is 4.79 Å². The molecular weight excluding hydrogens is 336 g/mol. The summed E-state index contributed by atoms with van der Waals surface area (Å²) in [6.45, 7) is 1.72. The SMILES string of the molecule is CC(O)CCCC(O)C=CC1C(O)CC(O)C1CC=CCCCC(=O)O. The maximum absolute atomic E-state index is 10.5. The number of carbonyl (C=O) groups is 1. The Labute approximate surface area is 155 Å². The zero-order valence-corrected chi connectivity index (χ0v) is 15.6. The Balaban J connectivity index is 2.46. The largest absolute Gasteiger partial charge is 0.481 e. The summed E-state index contributed by atoms with van der Waals surface area (Å²) in [6.07, 6.45) is 9.41. The zero-order valence-electron chi connectivity index (χ0n) is 15.6. The van der Waals surface area contributed by atoms with E-state index in [-0.39, 0.29) is 24.4 Å². The van der Waals surface area contributed by atoms with Crippen molar-refractivity contribution >= 4 is 5.97 Å². The van der Waals surface area contributed by atoms with Crippen LogP contribution >= 0.6 is 0 Å². The van der Waals surface area contributed by atoms with Gasteiger partial charge in [-0.1, -0.05) is 24.3 Å². The fourth-order valence-electron chi connectivity index (χ4n) is 3.42. The second-order valence-electron chi connectivity index (χ2n) is 7.34. The van der Waals surface area contributed by atoms with Gasteiger partial charge in [-0.15, -0.1) is 0 Å².